The van der Waals surface area contributed by atoms with E-state index in [4.69, 9.17) is 10.5 Å². The number of carboxylic acid groups (broad SMARTS) is 1. The van der Waals surface area contributed by atoms with Gasteiger partial charge in [-0.05, 0) is 19.3 Å². The fourth-order valence-corrected chi connectivity index (χ4v) is 2.69. The highest BCUT2D eigenvalue weighted by atomic mass is 16.5. The maximum Gasteiger partial charge on any atom is 0.331 e. The molecule has 0 aromatic rings. The smallest absolute Gasteiger partial charge is 0.331 e. The van der Waals surface area contributed by atoms with Gasteiger partial charge in [0, 0.05) is 25.0 Å². The molecule has 1 amide bonds. The Kier molecular flexibility index (Phi) is 3.87. The molecule has 3 atom stereocenters. The Balaban J connectivity index is 1.99. The van der Waals surface area contributed by atoms with Crippen molar-refractivity contribution in [3.05, 3.63) is 0 Å². The first-order valence-corrected chi connectivity index (χ1v) is 6.42. The number of amides is 1. The van der Waals surface area contributed by atoms with Crippen LogP contribution in [0.25, 0.3) is 0 Å². The molecule has 6 heteroatoms. The normalized spacial score (nSPS) is 36.3. The van der Waals surface area contributed by atoms with E-state index in [1.54, 1.807) is 0 Å². The number of rotatable bonds is 3. The molecule has 1 heterocycles. The first-order valence-electron chi connectivity index (χ1n) is 6.42. The summed E-state index contributed by atoms with van der Waals surface area (Å²) in [5.74, 6) is -1.38. The first-order chi connectivity index (χ1) is 8.53. The van der Waals surface area contributed by atoms with Gasteiger partial charge in [-0.2, -0.15) is 0 Å². The molecule has 4 N–H and O–H groups in total. The molecule has 1 saturated heterocycles. The van der Waals surface area contributed by atoms with Gasteiger partial charge >= 0.3 is 5.97 Å². The second kappa shape index (κ2) is 5.24. The Morgan fingerprint density at radius 2 is 2.17 bits per heavy atom. The van der Waals surface area contributed by atoms with E-state index in [9.17, 15) is 14.7 Å². The molecule has 1 aliphatic heterocycles. The summed E-state index contributed by atoms with van der Waals surface area (Å²) >= 11 is 0. The van der Waals surface area contributed by atoms with Gasteiger partial charge in [-0.1, -0.05) is 6.42 Å². The number of aliphatic carboxylic acids is 1. The van der Waals surface area contributed by atoms with Gasteiger partial charge in [-0.15, -0.1) is 0 Å². The summed E-state index contributed by atoms with van der Waals surface area (Å²) < 4.78 is 5.11. The number of ether oxygens (including phenoxy) is 1. The molecule has 0 radical (unpaired) electrons. The molecule has 0 aromatic carbocycles. The van der Waals surface area contributed by atoms with Crippen LogP contribution < -0.4 is 11.1 Å². The van der Waals surface area contributed by atoms with Crippen LogP contribution in [0, 0.1) is 5.92 Å². The van der Waals surface area contributed by atoms with Crippen molar-refractivity contribution in [2.75, 3.05) is 13.2 Å². The molecule has 2 fully saturated rings. The lowest BCUT2D eigenvalue weighted by Crippen LogP contribution is -2.57. The Morgan fingerprint density at radius 3 is 2.72 bits per heavy atom. The van der Waals surface area contributed by atoms with Crippen molar-refractivity contribution in [3.8, 4) is 0 Å². The van der Waals surface area contributed by atoms with E-state index in [1.807, 2.05) is 0 Å². The molecule has 1 aliphatic carbocycles. The number of hydrogen-bond acceptors (Lipinski definition) is 4. The van der Waals surface area contributed by atoms with Crippen LogP contribution in [-0.4, -0.2) is 41.8 Å². The first kappa shape index (κ1) is 13.3. The van der Waals surface area contributed by atoms with E-state index in [0.29, 0.717) is 19.4 Å². The third-order valence-corrected chi connectivity index (χ3v) is 3.88. The number of carbonyl (C=O) groups excluding carboxylic acids is 1. The summed E-state index contributed by atoms with van der Waals surface area (Å²) in [5.41, 5.74) is 4.61. The third-order valence-electron chi connectivity index (χ3n) is 3.88. The average molecular weight is 256 g/mol. The van der Waals surface area contributed by atoms with Crippen molar-refractivity contribution in [2.45, 2.75) is 43.7 Å². The van der Waals surface area contributed by atoms with E-state index < -0.39 is 11.5 Å². The van der Waals surface area contributed by atoms with Gasteiger partial charge in [0.05, 0.1) is 6.61 Å². The second-order valence-corrected chi connectivity index (χ2v) is 5.30. The lowest BCUT2D eigenvalue weighted by Gasteiger charge is -2.30. The maximum atomic E-state index is 12.1. The molecule has 2 rings (SSSR count). The molecular formula is C12H20N2O4. The van der Waals surface area contributed by atoms with Crippen LogP contribution in [0.5, 0.6) is 0 Å². The Bertz CT molecular complexity index is 339. The van der Waals surface area contributed by atoms with Crippen molar-refractivity contribution >= 4 is 11.9 Å². The fourth-order valence-electron chi connectivity index (χ4n) is 2.69. The van der Waals surface area contributed by atoms with E-state index in [-0.39, 0.29) is 24.5 Å². The molecule has 2 aliphatic rings. The van der Waals surface area contributed by atoms with E-state index in [1.165, 1.54) is 0 Å². The minimum absolute atomic E-state index is 0.0485. The predicted octanol–water partition coefficient (Wildman–Crippen LogP) is -0.136. The largest absolute Gasteiger partial charge is 0.479 e. The summed E-state index contributed by atoms with van der Waals surface area (Å²) in [6, 6.07) is 0.0510. The summed E-state index contributed by atoms with van der Waals surface area (Å²) in [7, 11) is 0. The van der Waals surface area contributed by atoms with Gasteiger partial charge in [0.2, 0.25) is 5.91 Å². The predicted molar refractivity (Wildman–Crippen MR) is 63.9 cm³/mol. The minimum atomic E-state index is -1.24. The molecule has 0 spiro atoms. The molecular weight excluding hydrogens is 236 g/mol. The SMILES string of the molecule is NC1CCCC(C(=O)NC2(C(=O)O)CCOC2)C1. The van der Waals surface area contributed by atoms with Crippen molar-refractivity contribution in [1.82, 2.24) is 5.32 Å². The van der Waals surface area contributed by atoms with E-state index in [2.05, 4.69) is 5.32 Å². The molecule has 3 unspecified atom stereocenters. The quantitative estimate of drug-likeness (QED) is 0.652. The zero-order valence-corrected chi connectivity index (χ0v) is 10.4. The third kappa shape index (κ3) is 2.64. The minimum Gasteiger partial charge on any atom is -0.479 e. The van der Waals surface area contributed by atoms with Gasteiger partial charge in [-0.25, -0.2) is 4.79 Å². The highest BCUT2D eigenvalue weighted by Crippen LogP contribution is 2.26. The number of nitrogens with two attached hydrogens (primary N) is 1. The number of hydrogen-bond donors (Lipinski definition) is 3. The monoisotopic (exact) mass is 256 g/mol. The van der Waals surface area contributed by atoms with E-state index in [0.717, 1.165) is 19.3 Å². The molecule has 18 heavy (non-hydrogen) atoms. The lowest BCUT2D eigenvalue weighted by molar-refractivity contribution is -0.148. The van der Waals surface area contributed by atoms with Crippen LogP contribution in [-0.2, 0) is 14.3 Å². The zero-order valence-electron chi connectivity index (χ0n) is 10.4. The van der Waals surface area contributed by atoms with Gasteiger partial charge in [0.1, 0.15) is 0 Å². The Labute approximate surface area is 106 Å². The number of carbonyl (C=O) groups is 2. The van der Waals surface area contributed by atoms with Crippen LogP contribution in [0.3, 0.4) is 0 Å². The van der Waals surface area contributed by atoms with Crippen LogP contribution in [0.15, 0.2) is 0 Å². The van der Waals surface area contributed by atoms with Gasteiger partial charge in [-0.3, -0.25) is 4.79 Å². The maximum absolute atomic E-state index is 12.1. The highest BCUT2D eigenvalue weighted by molar-refractivity contribution is 5.88. The average Bonchev–Trinajstić information content (AvgIpc) is 2.79. The van der Waals surface area contributed by atoms with Gasteiger partial charge in [0.25, 0.3) is 0 Å². The van der Waals surface area contributed by atoms with Crippen molar-refractivity contribution in [2.24, 2.45) is 11.7 Å². The molecule has 102 valence electrons. The second-order valence-electron chi connectivity index (χ2n) is 5.30. The van der Waals surface area contributed by atoms with Crippen molar-refractivity contribution < 1.29 is 19.4 Å². The molecule has 6 nitrogen and oxygen atoms in total. The summed E-state index contributed by atoms with van der Waals surface area (Å²) in [5, 5.41) is 11.9. The van der Waals surface area contributed by atoms with Crippen LogP contribution in [0.4, 0.5) is 0 Å². The Hall–Kier alpha value is -1.14. The summed E-state index contributed by atoms with van der Waals surface area (Å²) in [6.07, 6.45) is 3.62. The highest BCUT2D eigenvalue weighted by Gasteiger charge is 2.45. The fraction of sp³-hybridized carbons (Fsp3) is 0.833. The van der Waals surface area contributed by atoms with E-state index >= 15 is 0 Å². The molecule has 0 aromatic heterocycles. The standard InChI is InChI=1S/C12H20N2O4/c13-9-3-1-2-8(6-9)10(15)14-12(11(16)17)4-5-18-7-12/h8-9H,1-7,13H2,(H,14,15)(H,16,17). The van der Waals surface area contributed by atoms with Crippen LogP contribution in [0.2, 0.25) is 0 Å². The number of carboxylic acids is 1. The Morgan fingerprint density at radius 1 is 1.39 bits per heavy atom. The zero-order chi connectivity index (χ0) is 13.2. The molecule has 0 bridgehead atoms. The summed E-state index contributed by atoms with van der Waals surface area (Å²) in [6.45, 7) is 0.420. The van der Waals surface area contributed by atoms with Gasteiger partial charge in [0.15, 0.2) is 5.54 Å². The topological polar surface area (TPSA) is 102 Å². The van der Waals surface area contributed by atoms with Crippen molar-refractivity contribution in [1.29, 1.82) is 0 Å². The van der Waals surface area contributed by atoms with Crippen molar-refractivity contribution in [3.63, 3.8) is 0 Å². The lowest BCUT2D eigenvalue weighted by atomic mass is 9.84. The number of nitrogens with one attached hydrogen (secondary N) is 1. The molecule has 1 saturated carbocycles. The van der Waals surface area contributed by atoms with Crippen LogP contribution >= 0.6 is 0 Å². The van der Waals surface area contributed by atoms with Crippen LogP contribution in [0.1, 0.15) is 32.1 Å². The van der Waals surface area contributed by atoms with Gasteiger partial charge < -0.3 is 20.9 Å². The summed E-state index contributed by atoms with van der Waals surface area (Å²) in [4.78, 5) is 23.4.